The first-order valence-corrected chi connectivity index (χ1v) is 7.67. The van der Waals surface area contributed by atoms with Crippen molar-refractivity contribution in [2.24, 2.45) is 0 Å². The fraction of sp³-hybridized carbons (Fsp3) is 0.0588. The summed E-state index contributed by atoms with van der Waals surface area (Å²) in [4.78, 5) is 8.30. The van der Waals surface area contributed by atoms with E-state index < -0.39 is 5.82 Å². The summed E-state index contributed by atoms with van der Waals surface area (Å²) in [6.45, 7) is 0. The van der Waals surface area contributed by atoms with Crippen LogP contribution in [0.2, 0.25) is 5.02 Å². The lowest BCUT2D eigenvalue weighted by Crippen LogP contribution is -1.99. The molecule has 8 heteroatoms. The van der Waals surface area contributed by atoms with E-state index in [2.05, 4.69) is 20.6 Å². The summed E-state index contributed by atoms with van der Waals surface area (Å²) in [5, 5.41) is 6.22. The van der Waals surface area contributed by atoms with E-state index in [0.717, 1.165) is 5.69 Å². The molecule has 1 heterocycles. The van der Waals surface area contributed by atoms with Crippen LogP contribution in [0.25, 0.3) is 0 Å². The molecule has 128 valence electrons. The highest BCUT2D eigenvalue weighted by Gasteiger charge is 2.05. The zero-order valence-corrected chi connectivity index (χ0v) is 14.0. The van der Waals surface area contributed by atoms with Gasteiger partial charge >= 0.3 is 0 Å². The van der Waals surface area contributed by atoms with E-state index in [1.165, 1.54) is 18.5 Å². The van der Waals surface area contributed by atoms with E-state index >= 15 is 0 Å². The van der Waals surface area contributed by atoms with Gasteiger partial charge in [-0.1, -0.05) is 11.6 Å². The first-order valence-electron chi connectivity index (χ1n) is 7.30. The van der Waals surface area contributed by atoms with Crippen LogP contribution in [0.1, 0.15) is 0 Å². The quantitative estimate of drug-likeness (QED) is 0.587. The molecule has 0 aliphatic carbocycles. The minimum atomic E-state index is -0.477. The maximum Gasteiger partial charge on any atom is 0.143 e. The number of hydrogen-bond acceptors (Lipinski definition) is 6. The Bertz CT molecular complexity index is 906. The molecule has 3 aromatic rings. The second-order valence-electron chi connectivity index (χ2n) is 5.12. The van der Waals surface area contributed by atoms with Crippen molar-refractivity contribution in [3.63, 3.8) is 0 Å². The summed E-state index contributed by atoms with van der Waals surface area (Å²) in [6.07, 6.45) is 1.41. The first-order chi connectivity index (χ1) is 12.0. The average molecular weight is 360 g/mol. The third-order valence-corrected chi connectivity index (χ3v) is 3.65. The third-order valence-electron chi connectivity index (χ3n) is 3.36. The molecular formula is C17H15ClFN5O. The van der Waals surface area contributed by atoms with Crippen molar-refractivity contribution < 1.29 is 9.13 Å². The normalized spacial score (nSPS) is 10.4. The minimum absolute atomic E-state index is 0.0337. The van der Waals surface area contributed by atoms with Crippen molar-refractivity contribution in [3.8, 4) is 5.75 Å². The Balaban J connectivity index is 1.78. The molecule has 0 atom stereocenters. The van der Waals surface area contributed by atoms with E-state index in [-0.39, 0.29) is 5.02 Å². The molecule has 2 aromatic carbocycles. The average Bonchev–Trinajstić information content (AvgIpc) is 2.60. The number of anilines is 5. The minimum Gasteiger partial charge on any atom is -0.495 e. The van der Waals surface area contributed by atoms with Gasteiger partial charge in [0.25, 0.3) is 0 Å². The standard InChI is InChI=1S/C17H15ClFN5O/c1-25-15-7-11(3-5-14(15)20)24-17-8-16(21-9-22-17)23-10-2-4-13(19)12(18)6-10/h2-9H,20H2,1H3,(H2,21,22,23,24). The molecule has 0 saturated heterocycles. The molecule has 25 heavy (non-hydrogen) atoms. The Morgan fingerprint density at radius 1 is 1.00 bits per heavy atom. The molecule has 0 saturated carbocycles. The van der Waals surface area contributed by atoms with Crippen molar-refractivity contribution in [2.45, 2.75) is 0 Å². The zero-order chi connectivity index (χ0) is 17.8. The lowest BCUT2D eigenvalue weighted by molar-refractivity contribution is 0.417. The molecule has 0 aliphatic heterocycles. The number of halogens is 2. The number of benzene rings is 2. The smallest absolute Gasteiger partial charge is 0.143 e. The maximum atomic E-state index is 13.2. The van der Waals surface area contributed by atoms with Crippen molar-refractivity contribution in [3.05, 3.63) is 59.6 Å². The number of hydrogen-bond donors (Lipinski definition) is 3. The summed E-state index contributed by atoms with van der Waals surface area (Å²) in [7, 11) is 1.55. The number of nitrogens with zero attached hydrogens (tertiary/aromatic N) is 2. The first kappa shape index (κ1) is 16.8. The van der Waals surface area contributed by atoms with E-state index in [4.69, 9.17) is 22.1 Å². The van der Waals surface area contributed by atoms with Crippen LogP contribution in [0.15, 0.2) is 48.8 Å². The topological polar surface area (TPSA) is 85.1 Å². The molecule has 0 unspecified atom stereocenters. The molecule has 0 amide bonds. The largest absolute Gasteiger partial charge is 0.495 e. The number of rotatable bonds is 5. The van der Waals surface area contributed by atoms with Crippen molar-refractivity contribution in [2.75, 3.05) is 23.5 Å². The van der Waals surface area contributed by atoms with Gasteiger partial charge in [0.1, 0.15) is 29.5 Å². The van der Waals surface area contributed by atoms with Gasteiger partial charge in [-0.15, -0.1) is 0 Å². The highest BCUT2D eigenvalue weighted by atomic mass is 35.5. The molecule has 0 fully saturated rings. The predicted octanol–water partition coefficient (Wildman–Crippen LogP) is 4.35. The van der Waals surface area contributed by atoms with E-state index in [1.807, 2.05) is 6.07 Å². The van der Waals surface area contributed by atoms with Crippen LogP contribution in [-0.4, -0.2) is 17.1 Å². The van der Waals surface area contributed by atoms with Crippen molar-refractivity contribution in [1.29, 1.82) is 0 Å². The third kappa shape index (κ3) is 4.07. The molecule has 3 rings (SSSR count). The second kappa shape index (κ2) is 7.23. The lowest BCUT2D eigenvalue weighted by Gasteiger charge is -2.11. The summed E-state index contributed by atoms with van der Waals surface area (Å²) >= 11 is 5.78. The maximum absolute atomic E-state index is 13.2. The monoisotopic (exact) mass is 359 g/mol. The predicted molar refractivity (Wildman–Crippen MR) is 97.4 cm³/mol. The van der Waals surface area contributed by atoms with E-state index in [1.54, 1.807) is 31.4 Å². The van der Waals surface area contributed by atoms with Crippen LogP contribution in [-0.2, 0) is 0 Å². The van der Waals surface area contributed by atoms with Gasteiger partial charge in [0, 0.05) is 23.5 Å². The van der Waals surface area contributed by atoms with Gasteiger partial charge in [0.05, 0.1) is 17.8 Å². The number of nitrogens with one attached hydrogen (secondary N) is 2. The van der Waals surface area contributed by atoms with E-state index in [9.17, 15) is 4.39 Å². The SMILES string of the molecule is COc1cc(Nc2cc(Nc3ccc(F)c(Cl)c3)ncn2)ccc1N. The van der Waals surface area contributed by atoms with Crippen LogP contribution in [0.5, 0.6) is 5.75 Å². The second-order valence-corrected chi connectivity index (χ2v) is 5.53. The summed E-state index contributed by atoms with van der Waals surface area (Å²) in [5.74, 6) is 1.19. The van der Waals surface area contributed by atoms with E-state index in [0.29, 0.717) is 28.8 Å². The van der Waals surface area contributed by atoms with Crippen LogP contribution in [0.4, 0.5) is 33.1 Å². The van der Waals surface area contributed by atoms with Crippen LogP contribution in [0, 0.1) is 5.82 Å². The number of methoxy groups -OCH3 is 1. The van der Waals surface area contributed by atoms with Crippen LogP contribution < -0.4 is 21.1 Å². The number of aromatic nitrogens is 2. The van der Waals surface area contributed by atoms with Crippen molar-refractivity contribution >= 4 is 40.3 Å². The summed E-state index contributed by atoms with van der Waals surface area (Å²) < 4.78 is 18.4. The Morgan fingerprint density at radius 2 is 1.64 bits per heavy atom. The van der Waals surface area contributed by atoms with Gasteiger partial charge in [-0.05, 0) is 30.3 Å². The fourth-order valence-electron chi connectivity index (χ4n) is 2.15. The number of nitrogen functional groups attached to an aromatic ring is 1. The number of ether oxygens (including phenoxy) is 1. The van der Waals surface area contributed by atoms with Gasteiger partial charge in [-0.3, -0.25) is 0 Å². The summed E-state index contributed by atoms with van der Waals surface area (Å²) in [5.41, 5.74) is 7.73. The highest BCUT2D eigenvalue weighted by molar-refractivity contribution is 6.31. The molecule has 1 aromatic heterocycles. The Labute approximate surface area is 148 Å². The Hall–Kier alpha value is -3.06. The number of nitrogens with two attached hydrogens (primary N) is 1. The molecule has 0 aliphatic rings. The molecule has 0 radical (unpaired) electrons. The van der Waals surface area contributed by atoms with Gasteiger partial charge in [-0.25, -0.2) is 14.4 Å². The fourth-order valence-corrected chi connectivity index (χ4v) is 2.33. The zero-order valence-electron chi connectivity index (χ0n) is 13.3. The Morgan fingerprint density at radius 3 is 2.28 bits per heavy atom. The van der Waals surface area contributed by atoms with Gasteiger partial charge in [0.2, 0.25) is 0 Å². The molecule has 6 nitrogen and oxygen atoms in total. The highest BCUT2D eigenvalue weighted by Crippen LogP contribution is 2.27. The van der Waals surface area contributed by atoms with Gasteiger partial charge in [-0.2, -0.15) is 0 Å². The van der Waals surface area contributed by atoms with Crippen LogP contribution >= 0.6 is 11.6 Å². The molecule has 0 spiro atoms. The molecular weight excluding hydrogens is 345 g/mol. The van der Waals surface area contributed by atoms with Crippen LogP contribution in [0.3, 0.4) is 0 Å². The Kier molecular flexibility index (Phi) is 4.85. The van der Waals surface area contributed by atoms with Gasteiger partial charge < -0.3 is 21.1 Å². The van der Waals surface area contributed by atoms with Gasteiger partial charge in [0.15, 0.2) is 0 Å². The molecule has 4 N–H and O–H groups in total. The summed E-state index contributed by atoms with van der Waals surface area (Å²) in [6, 6.07) is 11.4. The lowest BCUT2D eigenvalue weighted by atomic mass is 10.2. The molecule has 0 bridgehead atoms. The van der Waals surface area contributed by atoms with Crippen molar-refractivity contribution in [1.82, 2.24) is 9.97 Å².